The van der Waals surface area contributed by atoms with Gasteiger partial charge < -0.3 is 10.2 Å². The van der Waals surface area contributed by atoms with E-state index >= 15 is 0 Å². The molecule has 0 bridgehead atoms. The molecule has 2 saturated heterocycles. The predicted molar refractivity (Wildman–Crippen MR) is 129 cm³/mol. The average Bonchev–Trinajstić information content (AvgIpc) is 3.02. The molecule has 0 unspecified atom stereocenters. The number of likely N-dealkylation sites (tertiary alicyclic amines) is 1. The molecule has 174 valence electrons. The monoisotopic (exact) mass is 478 g/mol. The van der Waals surface area contributed by atoms with E-state index in [1.807, 2.05) is 13.1 Å². The highest BCUT2D eigenvalue weighted by atomic mass is 35.5. The molecule has 0 saturated carbocycles. The Kier molecular flexibility index (Phi) is 8.76. The lowest BCUT2D eigenvalue weighted by Gasteiger charge is -2.38. The third-order valence-corrected chi connectivity index (χ3v) is 7.22. The van der Waals surface area contributed by atoms with E-state index in [0.717, 1.165) is 37.7 Å². The van der Waals surface area contributed by atoms with Crippen LogP contribution >= 0.6 is 23.4 Å². The highest BCUT2D eigenvalue weighted by Gasteiger charge is 2.34. The number of carbonyl (C=O) groups is 3. The van der Waals surface area contributed by atoms with E-state index < -0.39 is 0 Å². The van der Waals surface area contributed by atoms with Crippen molar-refractivity contribution in [2.45, 2.75) is 38.8 Å². The first kappa shape index (κ1) is 24.8. The molecule has 3 amide bonds. The van der Waals surface area contributed by atoms with Crippen LogP contribution in [0.25, 0.3) is 6.08 Å². The van der Waals surface area contributed by atoms with Crippen LogP contribution in [0, 0.1) is 0 Å². The lowest BCUT2D eigenvalue weighted by molar-refractivity contribution is -0.125. The maximum Gasteiger partial charge on any atom is 0.293 e. The van der Waals surface area contributed by atoms with Gasteiger partial charge >= 0.3 is 0 Å². The lowest BCUT2D eigenvalue weighted by atomic mass is 10.0. The van der Waals surface area contributed by atoms with Gasteiger partial charge in [-0.25, -0.2) is 0 Å². The molecular weight excluding hydrogens is 448 g/mol. The fourth-order valence-electron chi connectivity index (χ4n) is 3.99. The van der Waals surface area contributed by atoms with Gasteiger partial charge in [0.15, 0.2) is 0 Å². The Morgan fingerprint density at radius 1 is 1.28 bits per heavy atom. The van der Waals surface area contributed by atoms with Crippen LogP contribution in [-0.4, -0.2) is 83.6 Å². The largest absolute Gasteiger partial charge is 0.353 e. The molecule has 1 aromatic rings. The van der Waals surface area contributed by atoms with Crippen LogP contribution in [0.5, 0.6) is 0 Å². The van der Waals surface area contributed by atoms with Crippen molar-refractivity contribution < 1.29 is 14.4 Å². The van der Waals surface area contributed by atoms with Gasteiger partial charge in [0, 0.05) is 30.2 Å². The number of carbonyl (C=O) groups excluding carboxylic acids is 3. The van der Waals surface area contributed by atoms with Gasteiger partial charge in [0.25, 0.3) is 11.1 Å². The van der Waals surface area contributed by atoms with Gasteiger partial charge in [-0.05, 0) is 76.3 Å². The van der Waals surface area contributed by atoms with Crippen molar-refractivity contribution in [1.82, 2.24) is 20.0 Å². The van der Waals surface area contributed by atoms with E-state index in [-0.39, 0.29) is 30.1 Å². The molecule has 1 aromatic carbocycles. The van der Waals surface area contributed by atoms with Crippen molar-refractivity contribution in [3.05, 3.63) is 39.8 Å². The third kappa shape index (κ3) is 6.34. The van der Waals surface area contributed by atoms with Gasteiger partial charge in [0.2, 0.25) is 5.91 Å². The number of hydrogen-bond donors (Lipinski definition) is 1. The molecule has 3 rings (SSSR count). The molecular formula is C23H31ClN4O3S. The lowest BCUT2D eigenvalue weighted by Crippen LogP contribution is -2.48. The fourth-order valence-corrected chi connectivity index (χ4v) is 5.03. The average molecular weight is 479 g/mol. The van der Waals surface area contributed by atoms with E-state index in [9.17, 15) is 14.4 Å². The Morgan fingerprint density at radius 3 is 2.62 bits per heavy atom. The molecule has 7 nitrogen and oxygen atoms in total. The summed E-state index contributed by atoms with van der Waals surface area (Å²) in [6.07, 6.45) is 3.73. The molecule has 2 fully saturated rings. The second-order valence-electron chi connectivity index (χ2n) is 8.48. The highest BCUT2D eigenvalue weighted by molar-refractivity contribution is 8.18. The number of amides is 3. The number of rotatable bonds is 8. The summed E-state index contributed by atoms with van der Waals surface area (Å²) in [4.78, 5) is 43.3. The van der Waals surface area contributed by atoms with Crippen molar-refractivity contribution in [3.8, 4) is 0 Å². The molecule has 0 aromatic heterocycles. The summed E-state index contributed by atoms with van der Waals surface area (Å²) in [5, 5.41) is 3.02. The third-order valence-electron chi connectivity index (χ3n) is 5.97. The number of hydrogen-bond acceptors (Lipinski definition) is 6. The van der Waals surface area contributed by atoms with Gasteiger partial charge in [-0.2, -0.15) is 0 Å². The summed E-state index contributed by atoms with van der Waals surface area (Å²) in [7, 11) is 1.98. The quantitative estimate of drug-likeness (QED) is 0.578. The normalized spacial score (nSPS) is 19.6. The number of nitrogens with zero attached hydrogens (tertiary/aromatic N) is 3. The van der Waals surface area contributed by atoms with Crippen LogP contribution in [0.15, 0.2) is 29.2 Å². The first-order valence-electron chi connectivity index (χ1n) is 11.0. The summed E-state index contributed by atoms with van der Waals surface area (Å²) in [6, 6.07) is 8.10. The van der Waals surface area contributed by atoms with Gasteiger partial charge in [-0.15, -0.1) is 0 Å². The number of piperidine rings is 1. The Bertz CT molecular complexity index is 884. The van der Waals surface area contributed by atoms with Gasteiger partial charge in [0.1, 0.15) is 0 Å². The molecule has 2 aliphatic rings. The standard InChI is InChI=1S/C23H31ClN4O3S/c1-16(2)27-11-8-18(9-12-27)26(3)15-21(29)25-10-13-28-22(30)20(32-23(28)31)14-17-6-4-5-7-19(17)24/h4-7,14,16,18H,8-13,15H2,1-3H3,(H,25,29)/b20-14-. The summed E-state index contributed by atoms with van der Waals surface area (Å²) >= 11 is 7.03. The van der Waals surface area contributed by atoms with Crippen LogP contribution in [0.1, 0.15) is 32.3 Å². The molecule has 1 N–H and O–H groups in total. The molecule has 2 aliphatic heterocycles. The van der Waals surface area contributed by atoms with Crippen molar-refractivity contribution in [2.75, 3.05) is 39.8 Å². The number of likely N-dealkylation sites (N-methyl/N-ethyl adjacent to an activating group) is 1. The summed E-state index contributed by atoms with van der Waals surface area (Å²) in [5.41, 5.74) is 0.690. The van der Waals surface area contributed by atoms with Gasteiger partial charge in [0.05, 0.1) is 11.4 Å². The number of imide groups is 1. The Balaban J connectivity index is 1.44. The fraction of sp³-hybridized carbons (Fsp3) is 0.522. The number of benzene rings is 1. The highest BCUT2D eigenvalue weighted by Crippen LogP contribution is 2.33. The smallest absolute Gasteiger partial charge is 0.293 e. The van der Waals surface area contributed by atoms with Crippen LogP contribution in [-0.2, 0) is 9.59 Å². The predicted octanol–water partition coefficient (Wildman–Crippen LogP) is 3.30. The summed E-state index contributed by atoms with van der Waals surface area (Å²) < 4.78 is 0. The van der Waals surface area contributed by atoms with Crippen molar-refractivity contribution in [3.63, 3.8) is 0 Å². The minimum Gasteiger partial charge on any atom is -0.353 e. The Hall–Kier alpha value is -1.87. The zero-order chi connectivity index (χ0) is 23.3. The first-order chi connectivity index (χ1) is 15.3. The maximum absolute atomic E-state index is 12.6. The Labute approximate surface area is 199 Å². The van der Waals surface area contributed by atoms with E-state index in [1.165, 1.54) is 4.90 Å². The molecule has 9 heteroatoms. The SMILES string of the molecule is CC(C)N1CCC(N(C)CC(=O)NCCN2C(=O)S/C(=C\c3ccccc3Cl)C2=O)CC1. The van der Waals surface area contributed by atoms with Gasteiger partial charge in [-0.3, -0.25) is 24.2 Å². The first-order valence-corrected chi connectivity index (χ1v) is 12.2. The topological polar surface area (TPSA) is 73.0 Å². The van der Waals surface area contributed by atoms with Crippen molar-refractivity contribution in [1.29, 1.82) is 0 Å². The molecule has 0 aliphatic carbocycles. The molecule has 0 spiro atoms. The minimum absolute atomic E-state index is 0.0997. The summed E-state index contributed by atoms with van der Waals surface area (Å²) in [6.45, 7) is 7.20. The molecule has 0 atom stereocenters. The van der Waals surface area contributed by atoms with Gasteiger partial charge in [-0.1, -0.05) is 29.8 Å². The van der Waals surface area contributed by atoms with Crippen LogP contribution in [0.4, 0.5) is 4.79 Å². The van der Waals surface area contributed by atoms with Crippen LogP contribution in [0.2, 0.25) is 5.02 Å². The number of halogens is 1. The number of thioether (sulfide) groups is 1. The van der Waals surface area contributed by atoms with Crippen molar-refractivity contribution in [2.24, 2.45) is 0 Å². The minimum atomic E-state index is -0.358. The Morgan fingerprint density at radius 2 is 1.97 bits per heavy atom. The van der Waals surface area contributed by atoms with Crippen LogP contribution in [0.3, 0.4) is 0 Å². The van der Waals surface area contributed by atoms with E-state index in [0.29, 0.717) is 34.1 Å². The molecule has 2 heterocycles. The zero-order valence-electron chi connectivity index (χ0n) is 18.8. The van der Waals surface area contributed by atoms with E-state index in [2.05, 4.69) is 29.0 Å². The van der Waals surface area contributed by atoms with Crippen molar-refractivity contribution >= 4 is 46.5 Å². The second-order valence-corrected chi connectivity index (χ2v) is 9.88. The van der Waals surface area contributed by atoms with E-state index in [4.69, 9.17) is 11.6 Å². The second kappa shape index (κ2) is 11.3. The maximum atomic E-state index is 12.6. The van der Waals surface area contributed by atoms with E-state index in [1.54, 1.807) is 24.3 Å². The van der Waals surface area contributed by atoms with Crippen LogP contribution < -0.4 is 5.32 Å². The molecule has 32 heavy (non-hydrogen) atoms. The molecule has 0 radical (unpaired) electrons. The summed E-state index contributed by atoms with van der Waals surface area (Å²) in [5.74, 6) is -0.458. The zero-order valence-corrected chi connectivity index (χ0v) is 20.4. The number of nitrogens with one attached hydrogen (secondary N) is 1.